The van der Waals surface area contributed by atoms with Crippen LogP contribution in [0.5, 0.6) is 0 Å². The number of anilines is 2. The number of carbonyl (C=O) groups is 2. The normalized spacial score (nSPS) is 9.91. The van der Waals surface area contributed by atoms with Gasteiger partial charge in [0.2, 0.25) is 5.91 Å². The minimum Gasteiger partial charge on any atom is -0.329 e. The van der Waals surface area contributed by atoms with Gasteiger partial charge in [0, 0.05) is 15.8 Å². The van der Waals surface area contributed by atoms with Gasteiger partial charge in [0.25, 0.3) is 0 Å². The monoisotopic (exact) mass is 365 g/mol. The van der Waals surface area contributed by atoms with E-state index in [1.807, 2.05) is 0 Å². The summed E-state index contributed by atoms with van der Waals surface area (Å²) in [5.41, 5.74) is 1.07. The average molecular weight is 366 g/mol. The number of urea groups is 1. The van der Waals surface area contributed by atoms with Crippen molar-refractivity contribution in [2.75, 3.05) is 17.2 Å². The van der Waals surface area contributed by atoms with Gasteiger partial charge in [-0.2, -0.15) is 0 Å². The van der Waals surface area contributed by atoms with Crippen molar-refractivity contribution in [2.45, 2.75) is 0 Å². The molecule has 0 aliphatic heterocycles. The van der Waals surface area contributed by atoms with Crippen LogP contribution in [0.1, 0.15) is 0 Å². The largest absolute Gasteiger partial charge is 0.329 e. The van der Waals surface area contributed by atoms with Crippen molar-refractivity contribution in [3.8, 4) is 0 Å². The Bertz CT molecular complexity index is 600. The third-order valence-corrected chi connectivity index (χ3v) is 3.17. The van der Waals surface area contributed by atoms with Gasteiger partial charge in [-0.15, -0.1) is 0 Å². The van der Waals surface area contributed by atoms with E-state index in [2.05, 4.69) is 31.9 Å². The zero-order valence-corrected chi connectivity index (χ0v) is 13.0. The number of rotatable bonds is 4. The Balaban J connectivity index is 1.76. The summed E-state index contributed by atoms with van der Waals surface area (Å²) in [5, 5.41) is 7.55. The molecule has 0 aliphatic carbocycles. The maximum atomic E-state index is 12.7. The molecule has 3 N–H and O–H groups in total. The van der Waals surface area contributed by atoms with Crippen molar-refractivity contribution in [1.29, 1.82) is 0 Å². The molecular weight excluding hydrogens is 353 g/mol. The van der Waals surface area contributed by atoms with Crippen LogP contribution >= 0.6 is 15.9 Å². The summed E-state index contributed by atoms with van der Waals surface area (Å²) in [4.78, 5) is 23.3. The molecule has 3 amide bonds. The summed E-state index contributed by atoms with van der Waals surface area (Å²) in [6.07, 6.45) is 0. The Labute approximate surface area is 135 Å². The molecule has 0 aliphatic rings. The van der Waals surface area contributed by atoms with E-state index in [0.29, 0.717) is 11.4 Å². The summed E-state index contributed by atoms with van der Waals surface area (Å²) < 4.78 is 13.6. The molecule has 0 heterocycles. The van der Waals surface area contributed by atoms with E-state index >= 15 is 0 Å². The van der Waals surface area contributed by atoms with Crippen LogP contribution in [0.2, 0.25) is 0 Å². The highest BCUT2D eigenvalue weighted by molar-refractivity contribution is 9.10. The summed E-state index contributed by atoms with van der Waals surface area (Å²) in [6, 6.07) is 11.8. The van der Waals surface area contributed by atoms with Crippen LogP contribution in [0.4, 0.5) is 20.6 Å². The Hall–Kier alpha value is -2.41. The lowest BCUT2D eigenvalue weighted by Crippen LogP contribution is -2.35. The first-order valence-corrected chi connectivity index (χ1v) is 7.18. The lowest BCUT2D eigenvalue weighted by molar-refractivity contribution is -0.115. The van der Waals surface area contributed by atoms with Crippen LogP contribution in [-0.4, -0.2) is 18.5 Å². The molecule has 0 radical (unpaired) electrons. The fourth-order valence-corrected chi connectivity index (χ4v) is 1.87. The average Bonchev–Trinajstić information content (AvgIpc) is 2.50. The molecule has 0 aromatic heterocycles. The van der Waals surface area contributed by atoms with Crippen LogP contribution in [0.25, 0.3) is 0 Å². The summed E-state index contributed by atoms with van der Waals surface area (Å²) in [6.45, 7) is -0.177. The van der Waals surface area contributed by atoms with Gasteiger partial charge in [-0.05, 0) is 48.5 Å². The molecule has 2 aromatic carbocycles. The molecule has 0 fully saturated rings. The van der Waals surface area contributed by atoms with Crippen molar-refractivity contribution < 1.29 is 14.0 Å². The lowest BCUT2D eigenvalue weighted by Gasteiger charge is -2.08. The van der Waals surface area contributed by atoms with E-state index in [9.17, 15) is 14.0 Å². The first kappa shape index (κ1) is 16.0. The third-order valence-electron chi connectivity index (χ3n) is 2.64. The number of amides is 3. The Morgan fingerprint density at radius 3 is 2.09 bits per heavy atom. The van der Waals surface area contributed by atoms with Crippen molar-refractivity contribution in [3.05, 3.63) is 58.8 Å². The maximum Gasteiger partial charge on any atom is 0.319 e. The van der Waals surface area contributed by atoms with Gasteiger partial charge in [0.15, 0.2) is 0 Å². The Kier molecular flexibility index (Phi) is 5.48. The molecule has 22 heavy (non-hydrogen) atoms. The number of nitrogens with one attached hydrogen (secondary N) is 3. The van der Waals surface area contributed by atoms with Gasteiger partial charge in [0.1, 0.15) is 5.82 Å². The highest BCUT2D eigenvalue weighted by Gasteiger charge is 2.06. The molecule has 0 spiro atoms. The molecular formula is C15H13BrFN3O2. The third kappa shape index (κ3) is 5.17. The zero-order valence-electron chi connectivity index (χ0n) is 11.4. The van der Waals surface area contributed by atoms with Gasteiger partial charge < -0.3 is 16.0 Å². The fraction of sp³-hybridized carbons (Fsp3) is 0.0667. The Morgan fingerprint density at radius 2 is 1.45 bits per heavy atom. The number of carbonyl (C=O) groups excluding carboxylic acids is 2. The van der Waals surface area contributed by atoms with Crippen LogP contribution in [0.3, 0.4) is 0 Å². The van der Waals surface area contributed by atoms with Gasteiger partial charge in [0.05, 0.1) is 6.54 Å². The first-order chi connectivity index (χ1) is 10.5. The van der Waals surface area contributed by atoms with Gasteiger partial charge in [-0.1, -0.05) is 15.9 Å². The van der Waals surface area contributed by atoms with E-state index in [1.165, 1.54) is 24.3 Å². The second-order valence-electron chi connectivity index (χ2n) is 4.37. The van der Waals surface area contributed by atoms with Crippen molar-refractivity contribution in [2.24, 2.45) is 0 Å². The molecule has 0 bridgehead atoms. The van der Waals surface area contributed by atoms with Crippen LogP contribution in [0, 0.1) is 5.82 Å². The summed E-state index contributed by atoms with van der Waals surface area (Å²) >= 11 is 3.30. The number of hydrogen-bond donors (Lipinski definition) is 3. The van der Waals surface area contributed by atoms with Gasteiger partial charge in [-0.3, -0.25) is 4.79 Å². The Morgan fingerprint density at radius 1 is 0.909 bits per heavy atom. The highest BCUT2D eigenvalue weighted by atomic mass is 79.9. The number of halogens is 2. The maximum absolute atomic E-state index is 12.7. The SMILES string of the molecule is O=C(CNC(=O)Nc1ccc(F)cc1)Nc1ccc(Br)cc1. The van der Waals surface area contributed by atoms with Gasteiger partial charge >= 0.3 is 6.03 Å². The van der Waals surface area contributed by atoms with Crippen LogP contribution in [0.15, 0.2) is 53.0 Å². The molecule has 0 saturated carbocycles. The molecule has 114 valence electrons. The second kappa shape index (κ2) is 7.56. The molecule has 2 rings (SSSR count). The van der Waals surface area contributed by atoms with Crippen molar-refractivity contribution in [3.63, 3.8) is 0 Å². The quantitative estimate of drug-likeness (QED) is 0.777. The zero-order chi connectivity index (χ0) is 15.9. The molecule has 0 saturated heterocycles. The standard InChI is InChI=1S/C15H13BrFN3O2/c16-10-1-5-12(6-2-10)19-14(21)9-18-15(22)20-13-7-3-11(17)4-8-13/h1-8H,9H2,(H,19,21)(H2,18,20,22). The van der Waals surface area contributed by atoms with Crippen LogP contribution in [-0.2, 0) is 4.79 Å². The molecule has 2 aromatic rings. The van der Waals surface area contributed by atoms with E-state index in [4.69, 9.17) is 0 Å². The summed E-state index contributed by atoms with van der Waals surface area (Å²) in [7, 11) is 0. The van der Waals surface area contributed by atoms with Crippen molar-refractivity contribution in [1.82, 2.24) is 5.32 Å². The highest BCUT2D eigenvalue weighted by Crippen LogP contribution is 2.13. The summed E-state index contributed by atoms with van der Waals surface area (Å²) in [5.74, 6) is -0.739. The lowest BCUT2D eigenvalue weighted by atomic mass is 10.3. The minimum atomic E-state index is -0.544. The van der Waals surface area contributed by atoms with E-state index in [0.717, 1.165) is 4.47 Å². The fourth-order valence-electron chi connectivity index (χ4n) is 1.61. The topological polar surface area (TPSA) is 70.2 Å². The van der Waals surface area contributed by atoms with E-state index in [-0.39, 0.29) is 18.3 Å². The van der Waals surface area contributed by atoms with Gasteiger partial charge in [-0.25, -0.2) is 9.18 Å². The predicted molar refractivity (Wildman–Crippen MR) is 86.2 cm³/mol. The molecule has 0 atom stereocenters. The van der Waals surface area contributed by atoms with E-state index < -0.39 is 6.03 Å². The molecule has 5 nitrogen and oxygen atoms in total. The first-order valence-electron chi connectivity index (χ1n) is 6.39. The van der Waals surface area contributed by atoms with Crippen molar-refractivity contribution >= 4 is 39.2 Å². The van der Waals surface area contributed by atoms with Crippen LogP contribution < -0.4 is 16.0 Å². The smallest absolute Gasteiger partial charge is 0.319 e. The van der Waals surface area contributed by atoms with E-state index in [1.54, 1.807) is 24.3 Å². The molecule has 7 heteroatoms. The second-order valence-corrected chi connectivity index (χ2v) is 5.29. The minimum absolute atomic E-state index is 0.177. The number of benzene rings is 2. The molecule has 0 unspecified atom stereocenters. The number of hydrogen-bond acceptors (Lipinski definition) is 2. The predicted octanol–water partition coefficient (Wildman–Crippen LogP) is 3.35.